The molecule has 7 nitrogen and oxygen atoms in total. The Kier molecular flexibility index (Phi) is 4.12. The Morgan fingerprint density at radius 3 is 3.00 bits per heavy atom. The summed E-state index contributed by atoms with van der Waals surface area (Å²) >= 11 is 0. The number of nitrogens with one attached hydrogen (secondary N) is 1. The number of hydrogen-bond donors (Lipinski definition) is 1. The van der Waals surface area contributed by atoms with E-state index in [1.807, 2.05) is 18.3 Å². The van der Waals surface area contributed by atoms with Gasteiger partial charge in [-0.3, -0.25) is 0 Å². The molecule has 4 heterocycles. The Bertz CT molecular complexity index is 993. The van der Waals surface area contributed by atoms with Crippen molar-refractivity contribution in [1.29, 1.82) is 5.26 Å². The largest absolute Gasteiger partial charge is 0.354 e. The standard InChI is InChI=1S/C19H17N7/c1-2-8-26(17-4-3-14(10-20)11-22-17)15-6-9-25(12-15)19-16-5-7-21-18(16)23-13-24-19/h1,3-5,7,11,13,15H,6,8-9,12H2,(H,21,23,24). The summed E-state index contributed by atoms with van der Waals surface area (Å²) in [6.07, 6.45) is 11.6. The summed E-state index contributed by atoms with van der Waals surface area (Å²) in [5.41, 5.74) is 1.38. The molecule has 1 unspecified atom stereocenters. The minimum Gasteiger partial charge on any atom is -0.354 e. The number of aromatic amines is 1. The Morgan fingerprint density at radius 1 is 1.31 bits per heavy atom. The van der Waals surface area contributed by atoms with Crippen LogP contribution in [0, 0.1) is 23.7 Å². The molecule has 0 bridgehead atoms. The van der Waals surface area contributed by atoms with Gasteiger partial charge in [-0.05, 0) is 24.6 Å². The van der Waals surface area contributed by atoms with Crippen LogP contribution in [-0.4, -0.2) is 45.6 Å². The van der Waals surface area contributed by atoms with Crippen LogP contribution in [0.5, 0.6) is 0 Å². The minimum absolute atomic E-state index is 0.232. The molecule has 0 spiro atoms. The van der Waals surface area contributed by atoms with Gasteiger partial charge in [-0.2, -0.15) is 5.26 Å². The van der Waals surface area contributed by atoms with E-state index in [0.717, 1.165) is 42.2 Å². The number of hydrogen-bond acceptors (Lipinski definition) is 6. The molecule has 0 radical (unpaired) electrons. The first-order valence-corrected chi connectivity index (χ1v) is 8.39. The molecule has 128 valence electrons. The lowest BCUT2D eigenvalue weighted by Gasteiger charge is -2.28. The molecule has 7 heteroatoms. The number of H-pyrrole nitrogens is 1. The first-order valence-electron chi connectivity index (χ1n) is 8.39. The maximum atomic E-state index is 8.95. The number of rotatable bonds is 4. The third-order valence-electron chi connectivity index (χ3n) is 4.67. The molecule has 3 aromatic rings. The maximum Gasteiger partial charge on any atom is 0.142 e. The molecule has 0 saturated carbocycles. The number of pyridine rings is 1. The van der Waals surface area contributed by atoms with Crippen LogP contribution in [0.25, 0.3) is 11.0 Å². The van der Waals surface area contributed by atoms with Gasteiger partial charge in [0.25, 0.3) is 0 Å². The highest BCUT2D eigenvalue weighted by molar-refractivity contribution is 5.87. The monoisotopic (exact) mass is 343 g/mol. The summed E-state index contributed by atoms with van der Waals surface area (Å²) in [4.78, 5) is 20.7. The van der Waals surface area contributed by atoms with E-state index in [1.165, 1.54) is 0 Å². The highest BCUT2D eigenvalue weighted by Gasteiger charge is 2.30. The van der Waals surface area contributed by atoms with E-state index in [9.17, 15) is 0 Å². The number of terminal acetylenes is 1. The van der Waals surface area contributed by atoms with Crippen molar-refractivity contribution >= 4 is 22.7 Å². The molecule has 1 N–H and O–H groups in total. The van der Waals surface area contributed by atoms with Crippen LogP contribution < -0.4 is 9.80 Å². The van der Waals surface area contributed by atoms with Crippen LogP contribution in [0.1, 0.15) is 12.0 Å². The predicted octanol–water partition coefficient (Wildman–Crippen LogP) is 1.94. The lowest BCUT2D eigenvalue weighted by molar-refractivity contribution is 0.664. The van der Waals surface area contributed by atoms with Crippen molar-refractivity contribution < 1.29 is 0 Å². The van der Waals surface area contributed by atoms with Crippen LogP contribution in [0.4, 0.5) is 11.6 Å². The Balaban J connectivity index is 1.58. The number of anilines is 2. The van der Waals surface area contributed by atoms with Crippen LogP contribution in [0.15, 0.2) is 36.9 Å². The van der Waals surface area contributed by atoms with E-state index in [4.69, 9.17) is 11.7 Å². The van der Waals surface area contributed by atoms with Gasteiger partial charge in [0.1, 0.15) is 29.7 Å². The van der Waals surface area contributed by atoms with Crippen molar-refractivity contribution in [2.24, 2.45) is 0 Å². The number of nitriles is 1. The van der Waals surface area contributed by atoms with Gasteiger partial charge >= 0.3 is 0 Å². The first kappa shape index (κ1) is 15.9. The molecular formula is C19H17N7. The highest BCUT2D eigenvalue weighted by Crippen LogP contribution is 2.28. The quantitative estimate of drug-likeness (QED) is 0.729. The van der Waals surface area contributed by atoms with E-state index < -0.39 is 0 Å². The molecule has 0 aliphatic carbocycles. The highest BCUT2D eigenvalue weighted by atomic mass is 15.3. The summed E-state index contributed by atoms with van der Waals surface area (Å²) in [6.45, 7) is 2.17. The second-order valence-electron chi connectivity index (χ2n) is 6.17. The Morgan fingerprint density at radius 2 is 2.23 bits per heavy atom. The average molecular weight is 343 g/mol. The molecule has 0 amide bonds. The fraction of sp³-hybridized carbons (Fsp3) is 0.263. The van der Waals surface area contributed by atoms with E-state index in [1.54, 1.807) is 18.6 Å². The topological polar surface area (TPSA) is 84.7 Å². The zero-order valence-electron chi connectivity index (χ0n) is 14.1. The van der Waals surface area contributed by atoms with Crippen LogP contribution in [-0.2, 0) is 0 Å². The summed E-state index contributed by atoms with van der Waals surface area (Å²) in [5.74, 6) is 4.46. The van der Waals surface area contributed by atoms with Gasteiger partial charge in [0, 0.05) is 25.5 Å². The molecular weight excluding hydrogens is 326 g/mol. The molecule has 1 fully saturated rings. The van der Waals surface area contributed by atoms with Crippen molar-refractivity contribution in [2.45, 2.75) is 12.5 Å². The van der Waals surface area contributed by atoms with Crippen LogP contribution >= 0.6 is 0 Å². The van der Waals surface area contributed by atoms with Crippen molar-refractivity contribution in [3.8, 4) is 18.4 Å². The average Bonchev–Trinajstić information content (AvgIpc) is 3.35. The third-order valence-corrected chi connectivity index (χ3v) is 4.67. The second kappa shape index (κ2) is 6.73. The summed E-state index contributed by atoms with van der Waals surface area (Å²) < 4.78 is 0. The zero-order chi connectivity index (χ0) is 17.9. The van der Waals surface area contributed by atoms with Crippen molar-refractivity contribution in [3.63, 3.8) is 0 Å². The second-order valence-corrected chi connectivity index (χ2v) is 6.17. The Labute approximate surface area is 151 Å². The van der Waals surface area contributed by atoms with Crippen LogP contribution in [0.3, 0.4) is 0 Å². The molecule has 3 aromatic heterocycles. The van der Waals surface area contributed by atoms with Gasteiger partial charge in [-0.15, -0.1) is 6.42 Å². The van der Waals surface area contributed by atoms with E-state index >= 15 is 0 Å². The maximum absolute atomic E-state index is 8.95. The van der Waals surface area contributed by atoms with Gasteiger partial charge in [0.15, 0.2) is 0 Å². The molecule has 0 aromatic carbocycles. The van der Waals surface area contributed by atoms with E-state index in [2.05, 4.69) is 41.7 Å². The fourth-order valence-electron chi connectivity index (χ4n) is 3.42. The van der Waals surface area contributed by atoms with Crippen molar-refractivity contribution in [1.82, 2.24) is 19.9 Å². The van der Waals surface area contributed by atoms with E-state index in [0.29, 0.717) is 12.1 Å². The molecule has 1 aliphatic heterocycles. The number of nitrogens with zero attached hydrogens (tertiary/aromatic N) is 6. The molecule has 26 heavy (non-hydrogen) atoms. The molecule has 1 saturated heterocycles. The third kappa shape index (κ3) is 2.80. The van der Waals surface area contributed by atoms with Gasteiger partial charge in [0.05, 0.1) is 23.5 Å². The molecule has 4 rings (SSSR count). The first-order chi connectivity index (χ1) is 12.8. The number of aromatic nitrogens is 4. The van der Waals surface area contributed by atoms with Crippen molar-refractivity contribution in [2.75, 3.05) is 29.4 Å². The lowest BCUT2D eigenvalue weighted by atomic mass is 10.2. The normalized spacial score (nSPS) is 16.4. The summed E-state index contributed by atoms with van der Waals surface area (Å²) in [7, 11) is 0. The minimum atomic E-state index is 0.232. The van der Waals surface area contributed by atoms with E-state index in [-0.39, 0.29) is 6.04 Å². The molecule has 1 aliphatic rings. The fourth-order valence-corrected chi connectivity index (χ4v) is 3.42. The van der Waals surface area contributed by atoms with Gasteiger partial charge in [-0.25, -0.2) is 15.0 Å². The number of fused-ring (bicyclic) bond motifs is 1. The summed E-state index contributed by atoms with van der Waals surface area (Å²) in [5, 5.41) is 9.98. The van der Waals surface area contributed by atoms with Gasteiger partial charge in [0.2, 0.25) is 0 Å². The SMILES string of the molecule is C#CCN(c1ccc(C#N)cn1)C1CCN(c2ncnc3[nH]ccc23)C1. The van der Waals surface area contributed by atoms with Gasteiger partial charge in [-0.1, -0.05) is 5.92 Å². The zero-order valence-corrected chi connectivity index (χ0v) is 14.1. The molecule has 1 atom stereocenters. The Hall–Kier alpha value is -3.58. The van der Waals surface area contributed by atoms with Crippen LogP contribution in [0.2, 0.25) is 0 Å². The van der Waals surface area contributed by atoms with Crippen molar-refractivity contribution in [3.05, 3.63) is 42.5 Å². The summed E-state index contributed by atoms with van der Waals surface area (Å²) in [6, 6.07) is 7.95. The predicted molar refractivity (Wildman–Crippen MR) is 99.6 cm³/mol. The smallest absolute Gasteiger partial charge is 0.142 e. The van der Waals surface area contributed by atoms with Gasteiger partial charge < -0.3 is 14.8 Å². The lowest BCUT2D eigenvalue weighted by Crippen LogP contribution is -2.38.